The molecule has 2 aliphatic rings. The second-order valence-electron chi connectivity index (χ2n) is 8.46. The lowest BCUT2D eigenvalue weighted by Gasteiger charge is -2.30. The number of nitrogens with zero attached hydrogens (tertiary/aromatic N) is 3. The Morgan fingerprint density at radius 2 is 1.77 bits per heavy atom. The van der Waals surface area contributed by atoms with Crippen LogP contribution in [0.2, 0.25) is 0 Å². The number of carboxylic acids is 1. The summed E-state index contributed by atoms with van der Waals surface area (Å²) < 4.78 is 12.1. The van der Waals surface area contributed by atoms with E-state index in [1.165, 1.54) is 15.8 Å². The van der Waals surface area contributed by atoms with Crippen molar-refractivity contribution in [2.24, 2.45) is 7.05 Å². The van der Waals surface area contributed by atoms with Crippen molar-refractivity contribution in [1.29, 1.82) is 0 Å². The molecule has 2 N–H and O–H groups in total. The van der Waals surface area contributed by atoms with Crippen molar-refractivity contribution < 1.29 is 29.0 Å². The van der Waals surface area contributed by atoms with Gasteiger partial charge in [-0.25, -0.2) is 9.59 Å². The van der Waals surface area contributed by atoms with Crippen LogP contribution in [-0.4, -0.2) is 70.2 Å². The average Bonchev–Trinajstić information content (AvgIpc) is 3.39. The van der Waals surface area contributed by atoms with Gasteiger partial charge in [-0.15, -0.1) is 0 Å². The third-order valence-electron chi connectivity index (χ3n) is 6.25. The van der Waals surface area contributed by atoms with Crippen LogP contribution in [0.15, 0.2) is 54.7 Å². The number of carboxylic acid groups (broad SMARTS) is 1. The predicted molar refractivity (Wildman–Crippen MR) is 125 cm³/mol. The number of aryl methyl sites for hydroxylation is 1. The number of ether oxygens (including phenoxy) is 2. The molecule has 3 aromatic rings. The lowest BCUT2D eigenvalue weighted by atomic mass is 9.98. The third-order valence-corrected chi connectivity index (χ3v) is 6.25. The molecule has 1 fully saturated rings. The first-order chi connectivity index (χ1) is 16.9. The van der Waals surface area contributed by atoms with Gasteiger partial charge >= 0.3 is 12.1 Å². The van der Waals surface area contributed by atoms with E-state index in [1.807, 2.05) is 36.4 Å². The SMILES string of the molecule is Cn1cc(C(=O)N2CCOC(C(=O)O)C2)c(NC(=O)OCC2c3ccccc3-c3ccccc32)n1. The zero-order valence-corrected chi connectivity index (χ0v) is 19.0. The number of hydrogen-bond donors (Lipinski definition) is 2. The van der Waals surface area contributed by atoms with Crippen LogP contribution in [0.3, 0.4) is 0 Å². The maximum atomic E-state index is 13.1. The normalized spacial score (nSPS) is 16.9. The van der Waals surface area contributed by atoms with Gasteiger partial charge in [-0.05, 0) is 22.3 Å². The Kier molecular flexibility index (Phi) is 5.96. The first-order valence-corrected chi connectivity index (χ1v) is 11.2. The van der Waals surface area contributed by atoms with Gasteiger partial charge in [-0.1, -0.05) is 48.5 Å². The lowest BCUT2D eigenvalue weighted by Crippen LogP contribution is -2.48. The molecule has 1 aliphatic carbocycles. The standard InChI is InChI=1S/C25H24N4O6/c1-28-12-19(23(30)29-10-11-34-21(13-29)24(31)32)22(27-28)26-25(33)35-14-20-17-8-4-2-6-15(17)16-7-3-5-9-18(16)20/h2-9,12,20-21H,10-11,13-14H2,1H3,(H,31,32)(H,26,27,33). The van der Waals surface area contributed by atoms with Crippen molar-refractivity contribution in [2.75, 3.05) is 31.6 Å². The molecule has 10 nitrogen and oxygen atoms in total. The minimum absolute atomic E-state index is 0.0492. The third kappa shape index (κ3) is 4.35. The number of carbonyl (C=O) groups is 3. The van der Waals surface area contributed by atoms with E-state index in [0.29, 0.717) is 0 Å². The van der Waals surface area contributed by atoms with Crippen molar-refractivity contribution >= 4 is 23.8 Å². The Morgan fingerprint density at radius 1 is 1.11 bits per heavy atom. The number of nitrogens with one attached hydrogen (secondary N) is 1. The zero-order chi connectivity index (χ0) is 24.5. The van der Waals surface area contributed by atoms with Crippen molar-refractivity contribution in [2.45, 2.75) is 12.0 Å². The summed E-state index contributed by atoms with van der Waals surface area (Å²) in [6.45, 7) is 0.382. The van der Waals surface area contributed by atoms with Crippen LogP contribution < -0.4 is 5.32 Å². The van der Waals surface area contributed by atoms with E-state index in [4.69, 9.17) is 9.47 Å². The van der Waals surface area contributed by atoms with Gasteiger partial charge in [-0.3, -0.25) is 14.8 Å². The average molecular weight is 476 g/mol. The number of amides is 2. The molecule has 1 saturated heterocycles. The first kappa shape index (κ1) is 22.6. The number of aliphatic carboxylic acids is 1. The second-order valence-corrected chi connectivity index (χ2v) is 8.46. The fourth-order valence-corrected chi connectivity index (χ4v) is 4.62. The molecular formula is C25H24N4O6. The van der Waals surface area contributed by atoms with E-state index in [9.17, 15) is 19.5 Å². The number of benzene rings is 2. The van der Waals surface area contributed by atoms with Gasteiger partial charge in [0.15, 0.2) is 11.9 Å². The molecule has 2 amide bonds. The van der Waals surface area contributed by atoms with E-state index in [-0.39, 0.29) is 43.6 Å². The zero-order valence-electron chi connectivity index (χ0n) is 19.0. The van der Waals surface area contributed by atoms with Gasteiger partial charge in [0.05, 0.1) is 13.2 Å². The molecule has 1 aliphatic heterocycles. The van der Waals surface area contributed by atoms with Gasteiger partial charge < -0.3 is 19.5 Å². The lowest BCUT2D eigenvalue weighted by molar-refractivity contribution is -0.154. The van der Waals surface area contributed by atoms with Gasteiger partial charge in [0.2, 0.25) is 0 Å². The number of fused-ring (bicyclic) bond motifs is 3. The highest BCUT2D eigenvalue weighted by atomic mass is 16.5. The highest BCUT2D eigenvalue weighted by Crippen LogP contribution is 2.44. The molecule has 0 radical (unpaired) electrons. The fraction of sp³-hybridized carbons (Fsp3) is 0.280. The number of carbonyl (C=O) groups excluding carboxylic acids is 2. The van der Waals surface area contributed by atoms with E-state index < -0.39 is 24.1 Å². The molecule has 180 valence electrons. The molecule has 2 heterocycles. The molecule has 1 unspecified atom stereocenters. The Bertz CT molecular complexity index is 1260. The van der Waals surface area contributed by atoms with E-state index >= 15 is 0 Å². The summed E-state index contributed by atoms with van der Waals surface area (Å²) in [6.07, 6.45) is -0.347. The fourth-order valence-electron chi connectivity index (χ4n) is 4.62. The Hall–Kier alpha value is -4.18. The topological polar surface area (TPSA) is 123 Å². The van der Waals surface area contributed by atoms with Crippen LogP contribution in [0.25, 0.3) is 11.1 Å². The van der Waals surface area contributed by atoms with Crippen molar-refractivity contribution in [3.05, 3.63) is 71.4 Å². The molecule has 10 heteroatoms. The van der Waals surface area contributed by atoms with Crippen LogP contribution in [0, 0.1) is 0 Å². The minimum atomic E-state index is -1.13. The molecular weight excluding hydrogens is 452 g/mol. The van der Waals surface area contributed by atoms with Crippen LogP contribution in [0.4, 0.5) is 10.6 Å². The Labute approximate surface area is 201 Å². The number of anilines is 1. The van der Waals surface area contributed by atoms with Crippen LogP contribution in [0.5, 0.6) is 0 Å². The molecule has 1 aromatic heterocycles. The summed E-state index contributed by atoms with van der Waals surface area (Å²) in [5.74, 6) is -1.63. The molecule has 0 bridgehead atoms. The van der Waals surface area contributed by atoms with Crippen LogP contribution >= 0.6 is 0 Å². The van der Waals surface area contributed by atoms with E-state index in [1.54, 1.807) is 7.05 Å². The summed E-state index contributed by atoms with van der Waals surface area (Å²) in [5, 5.41) is 16.0. The monoisotopic (exact) mass is 476 g/mol. The van der Waals surface area contributed by atoms with Crippen molar-refractivity contribution in [1.82, 2.24) is 14.7 Å². The summed E-state index contributed by atoms with van der Waals surface area (Å²) in [7, 11) is 1.62. The molecule has 0 saturated carbocycles. The summed E-state index contributed by atoms with van der Waals surface area (Å²) in [4.78, 5) is 38.4. The highest BCUT2D eigenvalue weighted by molar-refractivity contribution is 6.01. The maximum Gasteiger partial charge on any atom is 0.412 e. The summed E-state index contributed by atoms with van der Waals surface area (Å²) in [6, 6.07) is 16.1. The van der Waals surface area contributed by atoms with Gasteiger partial charge in [0.1, 0.15) is 12.2 Å². The highest BCUT2D eigenvalue weighted by Gasteiger charge is 2.32. The summed E-state index contributed by atoms with van der Waals surface area (Å²) in [5.41, 5.74) is 4.58. The number of hydrogen-bond acceptors (Lipinski definition) is 6. The van der Waals surface area contributed by atoms with Gasteiger partial charge in [0, 0.05) is 25.7 Å². The van der Waals surface area contributed by atoms with E-state index in [2.05, 4.69) is 22.5 Å². The molecule has 5 rings (SSSR count). The predicted octanol–water partition coefficient (Wildman–Crippen LogP) is 2.71. The van der Waals surface area contributed by atoms with Crippen molar-refractivity contribution in [3.63, 3.8) is 0 Å². The summed E-state index contributed by atoms with van der Waals surface area (Å²) >= 11 is 0. The van der Waals surface area contributed by atoms with Gasteiger partial charge in [0.25, 0.3) is 5.91 Å². The van der Waals surface area contributed by atoms with E-state index in [0.717, 1.165) is 22.3 Å². The second kappa shape index (κ2) is 9.22. The Morgan fingerprint density at radius 3 is 2.43 bits per heavy atom. The first-order valence-electron chi connectivity index (χ1n) is 11.2. The maximum absolute atomic E-state index is 13.1. The number of rotatable bonds is 5. The van der Waals surface area contributed by atoms with Crippen LogP contribution in [-0.2, 0) is 21.3 Å². The largest absolute Gasteiger partial charge is 0.479 e. The van der Waals surface area contributed by atoms with Crippen molar-refractivity contribution in [3.8, 4) is 11.1 Å². The molecule has 0 spiro atoms. The minimum Gasteiger partial charge on any atom is -0.479 e. The van der Waals surface area contributed by atoms with Crippen LogP contribution in [0.1, 0.15) is 27.4 Å². The smallest absolute Gasteiger partial charge is 0.412 e. The Balaban J connectivity index is 1.28. The molecule has 2 aromatic carbocycles. The quantitative estimate of drug-likeness (QED) is 0.580. The molecule has 1 atom stereocenters. The number of aromatic nitrogens is 2. The molecule has 35 heavy (non-hydrogen) atoms. The number of morpholine rings is 1. The van der Waals surface area contributed by atoms with Gasteiger partial charge in [-0.2, -0.15) is 5.10 Å².